The lowest BCUT2D eigenvalue weighted by Crippen LogP contribution is -2.10. The highest BCUT2D eigenvalue weighted by molar-refractivity contribution is 5.87. The van der Waals surface area contributed by atoms with Gasteiger partial charge in [0.05, 0.1) is 19.5 Å². The van der Waals surface area contributed by atoms with Crippen LogP contribution in [0.1, 0.15) is 35.3 Å². The van der Waals surface area contributed by atoms with Crippen LogP contribution >= 0.6 is 0 Å². The molecule has 5 nitrogen and oxygen atoms in total. The first-order valence-corrected chi connectivity index (χ1v) is 6.90. The molecule has 0 amide bonds. The zero-order valence-corrected chi connectivity index (χ0v) is 12.2. The van der Waals surface area contributed by atoms with Crippen molar-refractivity contribution in [1.82, 2.24) is 9.97 Å². The van der Waals surface area contributed by atoms with E-state index in [2.05, 4.69) is 39.1 Å². The summed E-state index contributed by atoms with van der Waals surface area (Å²) in [6, 6.07) is 10.4. The summed E-state index contributed by atoms with van der Waals surface area (Å²) >= 11 is 0. The summed E-state index contributed by atoms with van der Waals surface area (Å²) in [5.41, 5.74) is 1.52. The minimum absolute atomic E-state index is 0.207. The number of nitrogens with one attached hydrogen (secondary N) is 1. The van der Waals surface area contributed by atoms with E-state index in [0.717, 1.165) is 13.0 Å². The third-order valence-corrected chi connectivity index (χ3v) is 3.28. The Kier molecular flexibility index (Phi) is 5.26. The minimum Gasteiger partial charge on any atom is -0.464 e. The maximum absolute atomic E-state index is 11.4. The summed E-state index contributed by atoms with van der Waals surface area (Å²) in [5.74, 6) is 0.553. The number of nitrogens with zero attached hydrogens (tertiary/aromatic N) is 2. The van der Waals surface area contributed by atoms with E-state index in [9.17, 15) is 4.79 Å². The number of benzene rings is 1. The third-order valence-electron chi connectivity index (χ3n) is 3.28. The van der Waals surface area contributed by atoms with Crippen molar-refractivity contribution in [1.29, 1.82) is 0 Å². The largest absolute Gasteiger partial charge is 0.464 e. The number of esters is 1. The number of carbonyl (C=O) groups is 1. The number of anilines is 1. The summed E-state index contributed by atoms with van der Waals surface area (Å²) in [5, 5.41) is 3.18. The smallest absolute Gasteiger partial charge is 0.358 e. The standard InChI is InChI=1S/C16H19N3O2/c1-12(13-6-4-3-5-7-13)8-9-18-15-11-17-10-14(19-15)16(20)21-2/h3-7,10-12H,8-9H2,1-2H3,(H,18,19). The van der Waals surface area contributed by atoms with Crippen molar-refractivity contribution in [2.45, 2.75) is 19.3 Å². The van der Waals surface area contributed by atoms with Gasteiger partial charge in [0.25, 0.3) is 0 Å². The van der Waals surface area contributed by atoms with Crippen LogP contribution in [0.3, 0.4) is 0 Å². The van der Waals surface area contributed by atoms with Crippen LogP contribution in [0.5, 0.6) is 0 Å². The summed E-state index contributed by atoms with van der Waals surface area (Å²) in [7, 11) is 1.33. The molecule has 0 saturated heterocycles. The highest BCUT2D eigenvalue weighted by Crippen LogP contribution is 2.18. The van der Waals surface area contributed by atoms with Gasteiger partial charge in [-0.3, -0.25) is 4.98 Å². The van der Waals surface area contributed by atoms with E-state index >= 15 is 0 Å². The molecule has 1 unspecified atom stereocenters. The molecule has 0 aliphatic rings. The fourth-order valence-electron chi connectivity index (χ4n) is 2.02. The van der Waals surface area contributed by atoms with E-state index in [1.807, 2.05) is 18.2 Å². The van der Waals surface area contributed by atoms with Crippen molar-refractivity contribution in [3.8, 4) is 0 Å². The van der Waals surface area contributed by atoms with Crippen molar-refractivity contribution < 1.29 is 9.53 Å². The predicted molar refractivity (Wildman–Crippen MR) is 81.3 cm³/mol. The van der Waals surface area contributed by atoms with Gasteiger partial charge in [-0.05, 0) is 17.9 Å². The van der Waals surface area contributed by atoms with Crippen molar-refractivity contribution in [3.05, 3.63) is 54.0 Å². The quantitative estimate of drug-likeness (QED) is 0.827. The SMILES string of the molecule is COC(=O)c1cncc(NCCC(C)c2ccccc2)n1. The molecule has 1 aromatic heterocycles. The predicted octanol–water partition coefficient (Wildman–Crippen LogP) is 2.87. The lowest BCUT2D eigenvalue weighted by atomic mass is 9.98. The third kappa shape index (κ3) is 4.27. The molecular formula is C16H19N3O2. The van der Waals surface area contributed by atoms with Crippen LogP contribution in [0.4, 0.5) is 5.82 Å². The Labute approximate surface area is 124 Å². The highest BCUT2D eigenvalue weighted by atomic mass is 16.5. The second-order valence-electron chi connectivity index (χ2n) is 4.81. The first kappa shape index (κ1) is 15.0. The first-order valence-electron chi connectivity index (χ1n) is 6.90. The molecule has 0 radical (unpaired) electrons. The van der Waals surface area contributed by atoms with Crippen molar-refractivity contribution in [2.75, 3.05) is 19.0 Å². The van der Waals surface area contributed by atoms with E-state index in [0.29, 0.717) is 11.7 Å². The number of rotatable bonds is 6. The van der Waals surface area contributed by atoms with Gasteiger partial charge in [-0.2, -0.15) is 0 Å². The number of methoxy groups -OCH3 is 1. The van der Waals surface area contributed by atoms with Crippen LogP contribution in [0.15, 0.2) is 42.7 Å². The summed E-state index contributed by atoms with van der Waals surface area (Å²) in [6.07, 6.45) is 3.96. The Hall–Kier alpha value is -2.43. The summed E-state index contributed by atoms with van der Waals surface area (Å²) < 4.78 is 4.62. The van der Waals surface area contributed by atoms with Gasteiger partial charge in [0.15, 0.2) is 5.69 Å². The van der Waals surface area contributed by atoms with E-state index in [1.165, 1.54) is 18.9 Å². The Bertz CT molecular complexity index is 587. The lowest BCUT2D eigenvalue weighted by molar-refractivity contribution is 0.0593. The van der Waals surface area contributed by atoms with Gasteiger partial charge >= 0.3 is 5.97 Å². The average molecular weight is 285 g/mol. The van der Waals surface area contributed by atoms with Gasteiger partial charge in [0.2, 0.25) is 0 Å². The second kappa shape index (κ2) is 7.38. The molecule has 0 spiro atoms. The average Bonchev–Trinajstić information content (AvgIpc) is 2.55. The number of hydrogen-bond acceptors (Lipinski definition) is 5. The molecule has 2 rings (SSSR count). The molecule has 0 aliphatic carbocycles. The molecule has 2 aromatic rings. The van der Waals surface area contributed by atoms with Crippen LogP contribution in [0, 0.1) is 0 Å². The molecule has 1 aromatic carbocycles. The monoisotopic (exact) mass is 285 g/mol. The molecule has 110 valence electrons. The number of carbonyl (C=O) groups excluding carboxylic acids is 1. The molecular weight excluding hydrogens is 266 g/mol. The van der Waals surface area contributed by atoms with E-state index in [4.69, 9.17) is 0 Å². The Morgan fingerprint density at radius 2 is 2.05 bits per heavy atom. The number of ether oxygens (including phenoxy) is 1. The fraction of sp³-hybridized carbons (Fsp3) is 0.312. The highest BCUT2D eigenvalue weighted by Gasteiger charge is 2.09. The van der Waals surface area contributed by atoms with Gasteiger partial charge in [-0.1, -0.05) is 37.3 Å². The Balaban J connectivity index is 1.87. The summed E-state index contributed by atoms with van der Waals surface area (Å²) in [6.45, 7) is 2.95. The Morgan fingerprint density at radius 3 is 2.76 bits per heavy atom. The summed E-state index contributed by atoms with van der Waals surface area (Å²) in [4.78, 5) is 19.5. The van der Waals surface area contributed by atoms with Crippen LogP contribution in [0.25, 0.3) is 0 Å². The molecule has 0 bridgehead atoms. The van der Waals surface area contributed by atoms with Gasteiger partial charge in [0.1, 0.15) is 5.82 Å². The molecule has 1 N–H and O–H groups in total. The number of hydrogen-bond donors (Lipinski definition) is 1. The van der Waals surface area contributed by atoms with E-state index < -0.39 is 5.97 Å². The molecule has 21 heavy (non-hydrogen) atoms. The molecule has 0 saturated carbocycles. The molecule has 0 fully saturated rings. The molecule has 1 heterocycles. The topological polar surface area (TPSA) is 64.1 Å². The van der Waals surface area contributed by atoms with Crippen molar-refractivity contribution in [3.63, 3.8) is 0 Å². The van der Waals surface area contributed by atoms with Gasteiger partial charge in [-0.25, -0.2) is 9.78 Å². The van der Waals surface area contributed by atoms with Crippen molar-refractivity contribution >= 4 is 11.8 Å². The maximum atomic E-state index is 11.4. The van der Waals surface area contributed by atoms with Crippen LogP contribution in [-0.4, -0.2) is 29.6 Å². The van der Waals surface area contributed by atoms with Crippen LogP contribution in [0.2, 0.25) is 0 Å². The molecule has 0 aliphatic heterocycles. The van der Waals surface area contributed by atoms with Crippen LogP contribution in [-0.2, 0) is 4.74 Å². The number of aromatic nitrogens is 2. The first-order chi connectivity index (χ1) is 10.2. The maximum Gasteiger partial charge on any atom is 0.358 e. The van der Waals surface area contributed by atoms with Crippen LogP contribution < -0.4 is 5.32 Å². The van der Waals surface area contributed by atoms with Gasteiger partial charge in [-0.15, -0.1) is 0 Å². The van der Waals surface area contributed by atoms with Gasteiger partial charge < -0.3 is 10.1 Å². The van der Waals surface area contributed by atoms with Crippen molar-refractivity contribution in [2.24, 2.45) is 0 Å². The Morgan fingerprint density at radius 1 is 1.29 bits per heavy atom. The minimum atomic E-state index is -0.483. The molecule has 1 atom stereocenters. The van der Waals surface area contributed by atoms with E-state index in [1.54, 1.807) is 6.20 Å². The second-order valence-corrected chi connectivity index (χ2v) is 4.81. The normalized spacial score (nSPS) is 11.7. The zero-order valence-electron chi connectivity index (χ0n) is 12.2. The van der Waals surface area contributed by atoms with Gasteiger partial charge in [0, 0.05) is 6.54 Å². The zero-order chi connectivity index (χ0) is 15.1. The fourth-order valence-corrected chi connectivity index (χ4v) is 2.02. The van der Waals surface area contributed by atoms with E-state index in [-0.39, 0.29) is 5.69 Å². The lowest BCUT2D eigenvalue weighted by Gasteiger charge is -2.12. The molecule has 5 heteroatoms.